The van der Waals surface area contributed by atoms with Gasteiger partial charge in [-0.3, -0.25) is 14.4 Å². The summed E-state index contributed by atoms with van der Waals surface area (Å²) in [6.45, 7) is 0.442. The fraction of sp³-hybridized carbons (Fsp3) is 0.182. The molecule has 0 radical (unpaired) electrons. The predicted molar refractivity (Wildman–Crippen MR) is 111 cm³/mol. The number of para-hydroxylation sites is 1. The van der Waals surface area contributed by atoms with E-state index in [9.17, 15) is 14.4 Å². The molecule has 1 atom stereocenters. The molecule has 29 heavy (non-hydrogen) atoms. The van der Waals surface area contributed by atoms with Crippen LogP contribution in [0.2, 0.25) is 0 Å². The van der Waals surface area contributed by atoms with E-state index in [4.69, 9.17) is 0 Å². The van der Waals surface area contributed by atoms with E-state index in [0.29, 0.717) is 18.5 Å². The van der Waals surface area contributed by atoms with Crippen LogP contribution in [0, 0.1) is 0 Å². The normalized spacial score (nSPS) is 16.6. The van der Waals surface area contributed by atoms with Crippen molar-refractivity contribution in [3.05, 3.63) is 82.1 Å². The summed E-state index contributed by atoms with van der Waals surface area (Å²) in [7, 11) is 0. The van der Waals surface area contributed by atoms with Gasteiger partial charge in [0.1, 0.15) is 6.54 Å². The molecule has 7 heteroatoms. The van der Waals surface area contributed by atoms with Crippen LogP contribution in [0.25, 0.3) is 10.9 Å². The first-order valence-corrected chi connectivity index (χ1v) is 9.37. The molecule has 3 aromatic rings. The number of fused-ring (bicyclic) bond motifs is 1. The molecule has 0 spiro atoms. The van der Waals surface area contributed by atoms with E-state index in [1.807, 2.05) is 54.6 Å². The molecule has 4 rings (SSSR count). The molecule has 1 aromatic heterocycles. The molecule has 2 heterocycles. The topological polar surface area (TPSA) is 94.6 Å². The number of benzene rings is 2. The van der Waals surface area contributed by atoms with Gasteiger partial charge in [0.2, 0.25) is 5.91 Å². The van der Waals surface area contributed by atoms with Crippen molar-refractivity contribution in [2.45, 2.75) is 12.3 Å². The monoisotopic (exact) mass is 388 g/mol. The molecule has 0 aliphatic carbocycles. The number of amides is 2. The van der Waals surface area contributed by atoms with Crippen molar-refractivity contribution in [3.63, 3.8) is 0 Å². The summed E-state index contributed by atoms with van der Waals surface area (Å²) in [5.74, 6) is -0.361. The van der Waals surface area contributed by atoms with Crippen LogP contribution in [0.4, 0.5) is 0 Å². The summed E-state index contributed by atoms with van der Waals surface area (Å²) >= 11 is 0. The number of nitrogens with one attached hydrogen (secondary N) is 2. The summed E-state index contributed by atoms with van der Waals surface area (Å²) in [4.78, 5) is 40.8. The highest BCUT2D eigenvalue weighted by molar-refractivity contribution is 5.89. The summed E-state index contributed by atoms with van der Waals surface area (Å²) in [6.07, 6.45) is 1.70. The molecule has 1 fully saturated rings. The third kappa shape index (κ3) is 4.24. The van der Waals surface area contributed by atoms with E-state index >= 15 is 0 Å². The number of H-pyrrole nitrogens is 1. The highest BCUT2D eigenvalue weighted by Crippen LogP contribution is 2.27. The van der Waals surface area contributed by atoms with Crippen LogP contribution < -0.4 is 11.0 Å². The second kappa shape index (κ2) is 8.10. The first-order chi connectivity index (χ1) is 14.1. The number of rotatable bonds is 5. The SMILES string of the molecule is O=C(CN1C[C@H](c2ccccc2)CC1=O)N/N=C\c1cc2ccccc2[nH]c1=O. The van der Waals surface area contributed by atoms with Gasteiger partial charge in [0, 0.05) is 24.4 Å². The fourth-order valence-electron chi connectivity index (χ4n) is 3.52. The lowest BCUT2D eigenvalue weighted by Crippen LogP contribution is -2.36. The van der Waals surface area contributed by atoms with E-state index in [1.54, 1.807) is 6.07 Å². The van der Waals surface area contributed by atoms with E-state index in [1.165, 1.54) is 11.1 Å². The minimum atomic E-state index is -0.402. The number of likely N-dealkylation sites (tertiary alicyclic amines) is 1. The van der Waals surface area contributed by atoms with Gasteiger partial charge >= 0.3 is 0 Å². The van der Waals surface area contributed by atoms with Crippen LogP contribution in [0.1, 0.15) is 23.5 Å². The number of nitrogens with zero attached hydrogens (tertiary/aromatic N) is 2. The van der Waals surface area contributed by atoms with Gasteiger partial charge in [-0.1, -0.05) is 48.5 Å². The van der Waals surface area contributed by atoms with Crippen LogP contribution in [0.15, 0.2) is 70.6 Å². The molecule has 1 aliphatic rings. The van der Waals surface area contributed by atoms with Gasteiger partial charge in [-0.15, -0.1) is 0 Å². The van der Waals surface area contributed by atoms with Gasteiger partial charge in [0.15, 0.2) is 0 Å². The van der Waals surface area contributed by atoms with Crippen LogP contribution in [-0.4, -0.2) is 41.0 Å². The number of hydrogen-bond acceptors (Lipinski definition) is 4. The Morgan fingerprint density at radius 3 is 2.72 bits per heavy atom. The summed E-state index contributed by atoms with van der Waals surface area (Å²) < 4.78 is 0. The zero-order valence-corrected chi connectivity index (χ0v) is 15.7. The second-order valence-corrected chi connectivity index (χ2v) is 7.02. The van der Waals surface area contributed by atoms with Gasteiger partial charge in [-0.05, 0) is 23.1 Å². The Kier molecular flexibility index (Phi) is 5.20. The number of aromatic amines is 1. The van der Waals surface area contributed by atoms with Gasteiger partial charge in [0.25, 0.3) is 11.5 Å². The lowest BCUT2D eigenvalue weighted by atomic mass is 9.99. The van der Waals surface area contributed by atoms with Crippen molar-refractivity contribution in [2.24, 2.45) is 5.10 Å². The highest BCUT2D eigenvalue weighted by Gasteiger charge is 2.31. The highest BCUT2D eigenvalue weighted by atomic mass is 16.2. The van der Waals surface area contributed by atoms with Crippen LogP contribution in [0.5, 0.6) is 0 Å². The molecule has 2 amide bonds. The van der Waals surface area contributed by atoms with E-state index in [0.717, 1.165) is 16.5 Å². The zero-order chi connectivity index (χ0) is 20.2. The molecule has 2 aromatic carbocycles. The maximum Gasteiger partial charge on any atom is 0.259 e. The quantitative estimate of drug-likeness (QED) is 0.517. The lowest BCUT2D eigenvalue weighted by Gasteiger charge is -2.15. The molecule has 0 saturated carbocycles. The van der Waals surface area contributed by atoms with Crippen LogP contribution in [-0.2, 0) is 9.59 Å². The molecule has 2 N–H and O–H groups in total. The molecule has 0 bridgehead atoms. The number of carbonyl (C=O) groups excluding carboxylic acids is 2. The van der Waals surface area contributed by atoms with Gasteiger partial charge in [0.05, 0.1) is 11.8 Å². The lowest BCUT2D eigenvalue weighted by molar-refractivity contribution is -0.133. The Bertz CT molecular complexity index is 1140. The van der Waals surface area contributed by atoms with Gasteiger partial charge in [-0.25, -0.2) is 5.43 Å². The van der Waals surface area contributed by atoms with Gasteiger partial charge in [-0.2, -0.15) is 5.10 Å². The molecule has 7 nitrogen and oxygen atoms in total. The largest absolute Gasteiger partial charge is 0.333 e. The number of hydrogen-bond donors (Lipinski definition) is 2. The Labute approximate surface area is 167 Å². The van der Waals surface area contributed by atoms with Crippen molar-refractivity contribution in [2.75, 3.05) is 13.1 Å². The average molecular weight is 388 g/mol. The van der Waals surface area contributed by atoms with E-state index < -0.39 is 5.91 Å². The third-order valence-electron chi connectivity index (χ3n) is 5.00. The van der Waals surface area contributed by atoms with Crippen molar-refractivity contribution in [1.82, 2.24) is 15.3 Å². The van der Waals surface area contributed by atoms with E-state index in [2.05, 4.69) is 15.5 Å². The Morgan fingerprint density at radius 2 is 1.90 bits per heavy atom. The number of pyridine rings is 1. The number of carbonyl (C=O) groups is 2. The summed E-state index contributed by atoms with van der Waals surface area (Å²) in [6, 6.07) is 18.9. The Hall–Kier alpha value is -3.74. The standard InChI is InChI=1S/C22H20N4O3/c27-20(14-26-13-18(11-21(26)28)15-6-2-1-3-7-15)25-23-12-17-10-16-8-4-5-9-19(16)24-22(17)29/h1-10,12,18H,11,13-14H2,(H,24,29)(H,25,27)/b23-12-/t18-/m1/s1. The molecule has 0 unspecified atom stereocenters. The number of aromatic nitrogens is 1. The van der Waals surface area contributed by atoms with Gasteiger partial charge < -0.3 is 9.88 Å². The molecular formula is C22H20N4O3. The van der Waals surface area contributed by atoms with Crippen molar-refractivity contribution < 1.29 is 9.59 Å². The third-order valence-corrected chi connectivity index (χ3v) is 5.00. The van der Waals surface area contributed by atoms with E-state index in [-0.39, 0.29) is 23.9 Å². The summed E-state index contributed by atoms with van der Waals surface area (Å²) in [5.41, 5.74) is 4.27. The first kappa shape index (κ1) is 18.6. The molecule has 1 aliphatic heterocycles. The maximum absolute atomic E-state index is 12.2. The average Bonchev–Trinajstić information content (AvgIpc) is 3.09. The Balaban J connectivity index is 1.36. The van der Waals surface area contributed by atoms with Crippen molar-refractivity contribution in [3.8, 4) is 0 Å². The minimum Gasteiger partial charge on any atom is -0.333 e. The number of hydrazone groups is 1. The van der Waals surface area contributed by atoms with Crippen molar-refractivity contribution in [1.29, 1.82) is 0 Å². The molecular weight excluding hydrogens is 368 g/mol. The Morgan fingerprint density at radius 1 is 1.14 bits per heavy atom. The zero-order valence-electron chi connectivity index (χ0n) is 15.7. The maximum atomic E-state index is 12.2. The second-order valence-electron chi connectivity index (χ2n) is 7.02. The fourth-order valence-corrected chi connectivity index (χ4v) is 3.52. The summed E-state index contributed by atoms with van der Waals surface area (Å²) in [5, 5.41) is 4.74. The van der Waals surface area contributed by atoms with Crippen LogP contribution >= 0.6 is 0 Å². The smallest absolute Gasteiger partial charge is 0.259 e. The minimum absolute atomic E-state index is 0.0519. The molecule has 146 valence electrons. The van der Waals surface area contributed by atoms with Crippen LogP contribution in [0.3, 0.4) is 0 Å². The predicted octanol–water partition coefficient (Wildman–Crippen LogP) is 1.99. The molecule has 1 saturated heterocycles. The van der Waals surface area contributed by atoms with Crippen molar-refractivity contribution >= 4 is 28.9 Å². The first-order valence-electron chi connectivity index (χ1n) is 9.37.